The zero-order chi connectivity index (χ0) is 31.1. The molecule has 0 radical (unpaired) electrons. The maximum absolute atomic E-state index is 9.68. The Hall–Kier alpha value is -6.57. The average molecular weight is 601 g/mol. The predicted octanol–water partition coefficient (Wildman–Crippen LogP) is 11.8. The molecule has 0 saturated carbocycles. The lowest BCUT2D eigenvalue weighted by molar-refractivity contribution is 0.667. The lowest BCUT2D eigenvalue weighted by atomic mass is 9.94. The summed E-state index contributed by atoms with van der Waals surface area (Å²) in [7, 11) is 0. The van der Waals surface area contributed by atoms with Gasteiger partial charge in [0, 0.05) is 37.9 Å². The standard InChI is InChI=1S/C43H24N2O2/c44-25-26-17-21-37-34(23-26)31-11-4-6-14-36(31)45(37)38-15-8-13-33-41-29(19-20-30(43(41)47-42(33)38)27-9-2-1-3-10-27)28-18-22-40-35(24-28)32-12-5-7-16-39(32)46-40/h1-24H. The van der Waals surface area contributed by atoms with Crippen LogP contribution in [0.25, 0.3) is 93.6 Å². The Bertz CT molecular complexity index is 2920. The maximum Gasteiger partial charge on any atom is 0.159 e. The monoisotopic (exact) mass is 600 g/mol. The molecule has 47 heavy (non-hydrogen) atoms. The summed E-state index contributed by atoms with van der Waals surface area (Å²) < 4.78 is 15.5. The van der Waals surface area contributed by atoms with E-state index in [0.29, 0.717) is 5.56 Å². The summed E-state index contributed by atoms with van der Waals surface area (Å²) in [5, 5.41) is 16.1. The SMILES string of the molecule is N#Cc1ccc2c(c1)c1ccccc1n2-c1cccc2c1oc1c(-c3ccccc3)ccc(-c3ccc4oc5ccccc5c4c3)c12. The van der Waals surface area contributed by atoms with Crippen LogP contribution < -0.4 is 0 Å². The number of fused-ring (bicyclic) bond motifs is 9. The second-order valence-corrected chi connectivity index (χ2v) is 12.0. The molecule has 0 aliphatic heterocycles. The van der Waals surface area contributed by atoms with Crippen molar-refractivity contribution in [3.05, 3.63) is 151 Å². The van der Waals surface area contributed by atoms with Crippen molar-refractivity contribution in [2.45, 2.75) is 0 Å². The van der Waals surface area contributed by atoms with Gasteiger partial charge in [-0.2, -0.15) is 5.26 Å². The summed E-state index contributed by atoms with van der Waals surface area (Å²) in [6.07, 6.45) is 0. The van der Waals surface area contributed by atoms with Crippen LogP contribution in [0.15, 0.2) is 154 Å². The molecule has 218 valence electrons. The highest BCUT2D eigenvalue weighted by Crippen LogP contribution is 2.45. The van der Waals surface area contributed by atoms with Crippen LogP contribution in [0.2, 0.25) is 0 Å². The zero-order valence-electron chi connectivity index (χ0n) is 25.1. The van der Waals surface area contributed by atoms with E-state index in [2.05, 4.69) is 114 Å². The third-order valence-corrected chi connectivity index (χ3v) is 9.44. The van der Waals surface area contributed by atoms with Gasteiger partial charge in [0.2, 0.25) is 0 Å². The van der Waals surface area contributed by atoms with E-state index in [1.165, 1.54) is 0 Å². The first-order chi connectivity index (χ1) is 23.3. The molecule has 10 aromatic rings. The van der Waals surface area contributed by atoms with Crippen LogP contribution in [0.1, 0.15) is 5.56 Å². The van der Waals surface area contributed by atoms with E-state index in [-0.39, 0.29) is 0 Å². The Morgan fingerprint density at radius 2 is 1.21 bits per heavy atom. The normalized spacial score (nSPS) is 11.8. The smallest absolute Gasteiger partial charge is 0.159 e. The maximum atomic E-state index is 9.68. The molecule has 0 saturated heterocycles. The Labute approximate surface area is 268 Å². The van der Waals surface area contributed by atoms with Gasteiger partial charge in [0.25, 0.3) is 0 Å². The molecular weight excluding hydrogens is 576 g/mol. The number of hydrogen-bond donors (Lipinski definition) is 0. The molecule has 0 atom stereocenters. The second kappa shape index (κ2) is 9.71. The minimum atomic E-state index is 0.641. The van der Waals surface area contributed by atoms with Gasteiger partial charge >= 0.3 is 0 Å². The highest BCUT2D eigenvalue weighted by Gasteiger charge is 2.22. The van der Waals surface area contributed by atoms with Crippen molar-refractivity contribution in [1.82, 2.24) is 4.57 Å². The quantitative estimate of drug-likeness (QED) is 0.203. The molecule has 0 spiro atoms. The van der Waals surface area contributed by atoms with Gasteiger partial charge in [-0.3, -0.25) is 0 Å². The molecule has 7 aromatic carbocycles. The van der Waals surface area contributed by atoms with Crippen LogP contribution in [-0.2, 0) is 0 Å². The van der Waals surface area contributed by atoms with E-state index in [1.54, 1.807) is 0 Å². The van der Waals surface area contributed by atoms with Crippen LogP contribution >= 0.6 is 0 Å². The number of hydrogen-bond acceptors (Lipinski definition) is 3. The predicted molar refractivity (Wildman–Crippen MR) is 191 cm³/mol. The van der Waals surface area contributed by atoms with E-state index in [4.69, 9.17) is 8.83 Å². The zero-order valence-corrected chi connectivity index (χ0v) is 25.1. The third kappa shape index (κ3) is 3.69. The van der Waals surface area contributed by atoms with Gasteiger partial charge < -0.3 is 13.4 Å². The molecular formula is C43H24N2O2. The van der Waals surface area contributed by atoms with Crippen LogP contribution in [0, 0.1) is 11.3 Å². The number of rotatable bonds is 3. The van der Waals surface area contributed by atoms with Crippen LogP contribution in [-0.4, -0.2) is 4.57 Å². The fourth-order valence-corrected chi connectivity index (χ4v) is 7.34. The van der Waals surface area contributed by atoms with Gasteiger partial charge in [-0.05, 0) is 71.3 Å². The number of furan rings is 2. The van der Waals surface area contributed by atoms with E-state index >= 15 is 0 Å². The van der Waals surface area contributed by atoms with Crippen molar-refractivity contribution in [2.24, 2.45) is 0 Å². The minimum Gasteiger partial charge on any atom is -0.456 e. The number of aromatic nitrogens is 1. The van der Waals surface area contributed by atoms with Crippen molar-refractivity contribution >= 4 is 65.7 Å². The molecule has 3 heterocycles. The van der Waals surface area contributed by atoms with Gasteiger partial charge in [0.1, 0.15) is 16.7 Å². The van der Waals surface area contributed by atoms with E-state index in [0.717, 1.165) is 93.6 Å². The number of benzene rings is 7. The molecule has 0 unspecified atom stereocenters. The molecule has 10 rings (SSSR count). The van der Waals surface area contributed by atoms with Crippen LogP contribution in [0.4, 0.5) is 0 Å². The summed E-state index contributed by atoms with van der Waals surface area (Å²) in [5.41, 5.74) is 11.4. The van der Waals surface area contributed by atoms with Crippen LogP contribution in [0.3, 0.4) is 0 Å². The molecule has 3 aromatic heterocycles. The number of para-hydroxylation sites is 3. The average Bonchev–Trinajstić information content (AvgIpc) is 3.81. The fraction of sp³-hybridized carbons (Fsp3) is 0. The highest BCUT2D eigenvalue weighted by molar-refractivity contribution is 6.19. The van der Waals surface area contributed by atoms with Gasteiger partial charge in [0.15, 0.2) is 5.58 Å². The summed E-state index contributed by atoms with van der Waals surface area (Å²) in [6, 6.07) is 52.5. The minimum absolute atomic E-state index is 0.641. The van der Waals surface area contributed by atoms with E-state index in [1.807, 2.05) is 42.5 Å². The largest absolute Gasteiger partial charge is 0.456 e. The Morgan fingerprint density at radius 1 is 0.468 bits per heavy atom. The van der Waals surface area contributed by atoms with Crippen molar-refractivity contribution < 1.29 is 8.83 Å². The van der Waals surface area contributed by atoms with Crippen molar-refractivity contribution in [3.8, 4) is 34.0 Å². The van der Waals surface area contributed by atoms with Gasteiger partial charge in [-0.1, -0.05) is 91.0 Å². The number of nitrogens with zero attached hydrogens (tertiary/aromatic N) is 2. The lowest BCUT2D eigenvalue weighted by Crippen LogP contribution is -1.94. The molecule has 0 amide bonds. The molecule has 4 nitrogen and oxygen atoms in total. The first-order valence-corrected chi connectivity index (χ1v) is 15.7. The Morgan fingerprint density at radius 3 is 2.11 bits per heavy atom. The molecule has 0 fully saturated rings. The van der Waals surface area contributed by atoms with Crippen LogP contribution in [0.5, 0.6) is 0 Å². The van der Waals surface area contributed by atoms with Crippen molar-refractivity contribution in [3.63, 3.8) is 0 Å². The third-order valence-electron chi connectivity index (χ3n) is 9.44. The Balaban J connectivity index is 1.31. The first kappa shape index (κ1) is 25.7. The van der Waals surface area contributed by atoms with Crippen molar-refractivity contribution in [2.75, 3.05) is 0 Å². The van der Waals surface area contributed by atoms with Gasteiger partial charge in [0.05, 0.1) is 28.4 Å². The highest BCUT2D eigenvalue weighted by atomic mass is 16.3. The summed E-state index contributed by atoms with van der Waals surface area (Å²) >= 11 is 0. The van der Waals surface area contributed by atoms with E-state index < -0.39 is 0 Å². The lowest BCUT2D eigenvalue weighted by Gasteiger charge is -2.09. The molecule has 0 N–H and O–H groups in total. The second-order valence-electron chi connectivity index (χ2n) is 12.0. The number of nitriles is 1. The summed E-state index contributed by atoms with van der Waals surface area (Å²) in [5.74, 6) is 0. The van der Waals surface area contributed by atoms with Gasteiger partial charge in [-0.25, -0.2) is 0 Å². The molecule has 0 aliphatic carbocycles. The van der Waals surface area contributed by atoms with Crippen molar-refractivity contribution in [1.29, 1.82) is 5.26 Å². The molecule has 0 aliphatic rings. The molecule has 4 heteroatoms. The Kier molecular flexibility index (Phi) is 5.32. The van der Waals surface area contributed by atoms with Gasteiger partial charge in [-0.15, -0.1) is 0 Å². The van der Waals surface area contributed by atoms with E-state index in [9.17, 15) is 5.26 Å². The summed E-state index contributed by atoms with van der Waals surface area (Å²) in [6.45, 7) is 0. The molecule has 0 bridgehead atoms. The first-order valence-electron chi connectivity index (χ1n) is 15.7. The summed E-state index contributed by atoms with van der Waals surface area (Å²) in [4.78, 5) is 0. The fourth-order valence-electron chi connectivity index (χ4n) is 7.34. The topological polar surface area (TPSA) is 55.0 Å².